The van der Waals surface area contributed by atoms with Gasteiger partial charge in [0.15, 0.2) is 23.0 Å². The zero-order valence-electron chi connectivity index (χ0n) is 18.5. The summed E-state index contributed by atoms with van der Waals surface area (Å²) in [7, 11) is 0. The van der Waals surface area contributed by atoms with Crippen LogP contribution in [0.25, 0.3) is 11.6 Å². The second-order valence-electron chi connectivity index (χ2n) is 9.12. The van der Waals surface area contributed by atoms with Crippen LogP contribution in [-0.2, 0) is 12.8 Å². The van der Waals surface area contributed by atoms with Gasteiger partial charge in [0.1, 0.15) is 0 Å². The van der Waals surface area contributed by atoms with Gasteiger partial charge in [-0.05, 0) is 83.5 Å². The molecule has 4 rings (SSSR count). The molecule has 32 heavy (non-hydrogen) atoms. The maximum atomic E-state index is 10.8. The monoisotopic (exact) mass is 430 g/mol. The third-order valence-corrected chi connectivity index (χ3v) is 6.29. The van der Waals surface area contributed by atoms with Crippen LogP contribution in [0, 0.1) is 5.92 Å². The van der Waals surface area contributed by atoms with Crippen molar-refractivity contribution in [2.24, 2.45) is 5.92 Å². The van der Waals surface area contributed by atoms with E-state index in [0.717, 1.165) is 47.1 Å². The van der Waals surface area contributed by atoms with Crippen molar-refractivity contribution in [2.45, 2.75) is 45.4 Å². The van der Waals surface area contributed by atoms with Crippen LogP contribution in [0.3, 0.4) is 0 Å². The van der Waals surface area contributed by atoms with E-state index in [-0.39, 0.29) is 28.9 Å². The van der Waals surface area contributed by atoms with Crippen molar-refractivity contribution in [3.05, 3.63) is 82.4 Å². The molecule has 1 aliphatic carbocycles. The molecule has 0 fully saturated rings. The van der Waals surface area contributed by atoms with Gasteiger partial charge in [0.2, 0.25) is 0 Å². The highest BCUT2D eigenvalue weighted by Crippen LogP contribution is 2.47. The Bertz CT molecular complexity index is 1150. The first-order chi connectivity index (χ1) is 15.3. The first-order valence-electron chi connectivity index (χ1n) is 11.2. The van der Waals surface area contributed by atoms with Gasteiger partial charge < -0.3 is 20.4 Å². The molecule has 0 saturated heterocycles. The fourth-order valence-electron chi connectivity index (χ4n) is 4.74. The Balaban J connectivity index is 1.82. The standard InChI is InChI=1S/C28H30O4/c1-17(2)12-21-13-20(19-9-11-25(29)26(30)15-19)14-24-22(28(32)27(31)16-23(21)24)10-8-18-6-4-3-5-7-18/h3-7,9,11,14-17,21,29-32H,8,10,12-13H2,1-2H3. The van der Waals surface area contributed by atoms with E-state index < -0.39 is 0 Å². The highest BCUT2D eigenvalue weighted by Gasteiger charge is 2.28. The van der Waals surface area contributed by atoms with E-state index in [1.807, 2.05) is 24.3 Å². The Morgan fingerprint density at radius 2 is 1.59 bits per heavy atom. The summed E-state index contributed by atoms with van der Waals surface area (Å²) in [5.74, 6) is 0.226. The second-order valence-corrected chi connectivity index (χ2v) is 9.12. The van der Waals surface area contributed by atoms with Gasteiger partial charge in [-0.1, -0.05) is 56.3 Å². The van der Waals surface area contributed by atoms with Crippen molar-refractivity contribution in [3.63, 3.8) is 0 Å². The van der Waals surface area contributed by atoms with Crippen molar-refractivity contribution < 1.29 is 20.4 Å². The van der Waals surface area contributed by atoms with E-state index in [9.17, 15) is 20.4 Å². The number of phenols is 4. The molecule has 3 aromatic carbocycles. The summed E-state index contributed by atoms with van der Waals surface area (Å²) in [5.41, 5.74) is 5.83. The average Bonchev–Trinajstić information content (AvgIpc) is 2.77. The van der Waals surface area contributed by atoms with Crippen LogP contribution in [0.1, 0.15) is 60.4 Å². The Kier molecular flexibility index (Phi) is 6.13. The van der Waals surface area contributed by atoms with Gasteiger partial charge >= 0.3 is 0 Å². The van der Waals surface area contributed by atoms with Crippen LogP contribution in [0.4, 0.5) is 0 Å². The molecule has 1 aliphatic rings. The van der Waals surface area contributed by atoms with Gasteiger partial charge in [-0.2, -0.15) is 0 Å². The van der Waals surface area contributed by atoms with E-state index in [1.54, 1.807) is 12.1 Å². The average molecular weight is 431 g/mol. The van der Waals surface area contributed by atoms with Crippen LogP contribution in [0.15, 0.2) is 54.6 Å². The molecule has 4 nitrogen and oxygen atoms in total. The predicted octanol–water partition coefficient (Wildman–Crippen LogP) is 6.37. The molecule has 4 heteroatoms. The Morgan fingerprint density at radius 1 is 0.844 bits per heavy atom. The largest absolute Gasteiger partial charge is 0.504 e. The summed E-state index contributed by atoms with van der Waals surface area (Å²) in [4.78, 5) is 0. The Morgan fingerprint density at radius 3 is 2.28 bits per heavy atom. The summed E-state index contributed by atoms with van der Waals surface area (Å²) in [5, 5.41) is 41.1. The number of fused-ring (bicyclic) bond motifs is 1. The van der Waals surface area contributed by atoms with Gasteiger partial charge in [0.25, 0.3) is 0 Å². The molecule has 4 N–H and O–H groups in total. The fourth-order valence-corrected chi connectivity index (χ4v) is 4.74. The van der Waals surface area contributed by atoms with Crippen LogP contribution in [0.5, 0.6) is 23.0 Å². The van der Waals surface area contributed by atoms with Gasteiger partial charge in [-0.15, -0.1) is 0 Å². The number of benzene rings is 3. The second kappa shape index (κ2) is 8.99. The molecule has 1 unspecified atom stereocenters. The van der Waals surface area contributed by atoms with Gasteiger partial charge in [0.05, 0.1) is 0 Å². The van der Waals surface area contributed by atoms with Crippen LogP contribution in [0.2, 0.25) is 0 Å². The molecular formula is C28H30O4. The quantitative estimate of drug-likeness (QED) is 0.343. The molecule has 0 aromatic heterocycles. The van der Waals surface area contributed by atoms with Crippen LogP contribution in [-0.4, -0.2) is 20.4 Å². The highest BCUT2D eigenvalue weighted by molar-refractivity contribution is 5.88. The molecule has 0 heterocycles. The summed E-state index contributed by atoms with van der Waals surface area (Å²) in [6.07, 6.45) is 5.12. The molecule has 3 aromatic rings. The minimum Gasteiger partial charge on any atom is -0.504 e. The molecule has 166 valence electrons. The van der Waals surface area contributed by atoms with Crippen LogP contribution < -0.4 is 0 Å². The maximum absolute atomic E-state index is 10.8. The first kappa shape index (κ1) is 21.8. The van der Waals surface area contributed by atoms with Crippen LogP contribution >= 0.6 is 0 Å². The Labute approximate surface area is 189 Å². The SMILES string of the molecule is CC(C)CC1CC(c2ccc(O)c(O)c2)=Cc2c1cc(O)c(O)c2CCc1ccccc1. The first-order valence-corrected chi connectivity index (χ1v) is 11.2. The van der Waals surface area contributed by atoms with E-state index in [2.05, 4.69) is 32.1 Å². The number of hydrogen-bond donors (Lipinski definition) is 4. The van der Waals surface area contributed by atoms with E-state index >= 15 is 0 Å². The lowest BCUT2D eigenvalue weighted by atomic mass is 9.75. The minimum atomic E-state index is -0.146. The zero-order chi connectivity index (χ0) is 22.8. The zero-order valence-corrected chi connectivity index (χ0v) is 18.5. The topological polar surface area (TPSA) is 80.9 Å². The van der Waals surface area contributed by atoms with Gasteiger partial charge in [-0.25, -0.2) is 0 Å². The Hall–Kier alpha value is -3.40. The number of aryl methyl sites for hydroxylation is 1. The van der Waals surface area contributed by atoms with Crippen molar-refractivity contribution in [1.29, 1.82) is 0 Å². The third-order valence-electron chi connectivity index (χ3n) is 6.29. The van der Waals surface area contributed by atoms with Gasteiger partial charge in [0, 0.05) is 5.56 Å². The maximum Gasteiger partial charge on any atom is 0.161 e. The minimum absolute atomic E-state index is 0.0611. The lowest BCUT2D eigenvalue weighted by molar-refractivity contribution is 0.396. The summed E-state index contributed by atoms with van der Waals surface area (Å²) in [6.45, 7) is 4.36. The van der Waals surface area contributed by atoms with Gasteiger partial charge in [-0.3, -0.25) is 0 Å². The molecule has 0 radical (unpaired) electrons. The summed E-state index contributed by atoms with van der Waals surface area (Å²) >= 11 is 0. The van der Waals surface area contributed by atoms with Crippen molar-refractivity contribution in [2.75, 3.05) is 0 Å². The molecule has 0 bridgehead atoms. The summed E-state index contributed by atoms with van der Waals surface area (Å²) in [6, 6.07) is 16.7. The van der Waals surface area contributed by atoms with Crippen molar-refractivity contribution in [3.8, 4) is 23.0 Å². The number of rotatable bonds is 6. The molecule has 0 spiro atoms. The molecule has 0 amide bonds. The number of aromatic hydroxyl groups is 4. The molecule has 1 atom stereocenters. The normalized spacial score (nSPS) is 15.5. The number of phenolic OH excluding ortho intramolecular Hbond substituents is 4. The number of allylic oxidation sites excluding steroid dienone is 1. The smallest absolute Gasteiger partial charge is 0.161 e. The van der Waals surface area contributed by atoms with E-state index in [1.165, 1.54) is 11.6 Å². The molecule has 0 saturated carbocycles. The molecule has 0 aliphatic heterocycles. The third kappa shape index (κ3) is 4.45. The van der Waals surface area contributed by atoms with Crippen molar-refractivity contribution >= 4 is 11.6 Å². The summed E-state index contributed by atoms with van der Waals surface area (Å²) < 4.78 is 0. The predicted molar refractivity (Wildman–Crippen MR) is 128 cm³/mol. The highest BCUT2D eigenvalue weighted by atomic mass is 16.3. The molecular weight excluding hydrogens is 400 g/mol. The fraction of sp³-hybridized carbons (Fsp3) is 0.286. The number of hydrogen-bond acceptors (Lipinski definition) is 4. The van der Waals surface area contributed by atoms with Crippen molar-refractivity contribution in [1.82, 2.24) is 0 Å². The van der Waals surface area contributed by atoms with E-state index in [0.29, 0.717) is 12.3 Å². The van der Waals surface area contributed by atoms with E-state index in [4.69, 9.17) is 0 Å². The lowest BCUT2D eigenvalue weighted by Crippen LogP contribution is -2.12. The lowest BCUT2D eigenvalue weighted by Gasteiger charge is -2.30.